The predicted octanol–water partition coefficient (Wildman–Crippen LogP) is 3.71. The monoisotopic (exact) mass is 253 g/mol. The molecule has 0 aliphatic rings. The molecule has 3 nitrogen and oxygen atoms in total. The van der Waals surface area contributed by atoms with E-state index in [-0.39, 0.29) is 0 Å². The Morgan fingerprint density at radius 2 is 1.84 bits per heavy atom. The molecule has 2 aromatic carbocycles. The molecule has 0 aliphatic heterocycles. The third kappa shape index (κ3) is 3.12. The van der Waals surface area contributed by atoms with Crippen LogP contribution in [0.2, 0.25) is 0 Å². The summed E-state index contributed by atoms with van der Waals surface area (Å²) in [5, 5.41) is 18.7. The number of benzene rings is 2. The van der Waals surface area contributed by atoms with E-state index in [9.17, 15) is 5.11 Å². The van der Waals surface area contributed by atoms with Gasteiger partial charge in [-0.3, -0.25) is 0 Å². The van der Waals surface area contributed by atoms with Crippen molar-refractivity contribution in [3.05, 3.63) is 59.2 Å². The minimum absolute atomic E-state index is 0.506. The summed E-state index contributed by atoms with van der Waals surface area (Å²) in [6.45, 7) is 3.67. The summed E-state index contributed by atoms with van der Waals surface area (Å²) < 4.78 is 5.76. The van der Waals surface area contributed by atoms with Gasteiger partial charge in [0.15, 0.2) is 0 Å². The Balaban J connectivity index is 2.37. The van der Waals surface area contributed by atoms with Crippen LogP contribution in [0.4, 0.5) is 0 Å². The smallest absolute Gasteiger partial charge is 0.134 e. The van der Waals surface area contributed by atoms with Crippen LogP contribution in [-0.4, -0.2) is 5.11 Å². The molecule has 2 aromatic rings. The largest absolute Gasteiger partial charge is 0.457 e. The molecular weight excluding hydrogens is 238 g/mol. The van der Waals surface area contributed by atoms with Crippen LogP contribution in [0.5, 0.6) is 11.5 Å². The lowest BCUT2D eigenvalue weighted by Gasteiger charge is -2.13. The summed E-state index contributed by atoms with van der Waals surface area (Å²) in [4.78, 5) is 0. The first-order valence-electron chi connectivity index (χ1n) is 6.07. The molecule has 0 fully saturated rings. The normalized spacial score (nSPS) is 11.7. The van der Waals surface area contributed by atoms with E-state index in [0.717, 1.165) is 5.56 Å². The first-order valence-corrected chi connectivity index (χ1v) is 6.07. The van der Waals surface area contributed by atoms with Gasteiger partial charge in [0.1, 0.15) is 11.5 Å². The Labute approximate surface area is 112 Å². The lowest BCUT2D eigenvalue weighted by atomic mass is 10.1. The van der Waals surface area contributed by atoms with Crippen LogP contribution in [-0.2, 0) is 0 Å². The van der Waals surface area contributed by atoms with Gasteiger partial charge in [-0.05, 0) is 38.1 Å². The van der Waals surface area contributed by atoms with Gasteiger partial charge in [-0.1, -0.05) is 23.8 Å². The Bertz CT molecular complexity index is 610. The highest BCUT2D eigenvalue weighted by molar-refractivity contribution is 5.45. The third-order valence-electron chi connectivity index (χ3n) is 2.84. The van der Waals surface area contributed by atoms with Gasteiger partial charge in [0.25, 0.3) is 0 Å². The molecule has 0 saturated carbocycles. The van der Waals surface area contributed by atoms with Crippen LogP contribution < -0.4 is 4.74 Å². The second kappa shape index (κ2) is 5.55. The molecule has 0 spiro atoms. The van der Waals surface area contributed by atoms with Crippen molar-refractivity contribution < 1.29 is 9.84 Å². The minimum Gasteiger partial charge on any atom is -0.457 e. The van der Waals surface area contributed by atoms with Crippen molar-refractivity contribution in [2.45, 2.75) is 20.0 Å². The molecule has 96 valence electrons. The number of aryl methyl sites for hydroxylation is 1. The van der Waals surface area contributed by atoms with Crippen LogP contribution in [0, 0.1) is 18.3 Å². The average molecular weight is 253 g/mol. The van der Waals surface area contributed by atoms with Crippen LogP contribution in [0.3, 0.4) is 0 Å². The van der Waals surface area contributed by atoms with Crippen molar-refractivity contribution in [1.29, 1.82) is 5.26 Å². The van der Waals surface area contributed by atoms with Crippen molar-refractivity contribution in [2.75, 3.05) is 0 Å². The Hall–Kier alpha value is -2.31. The van der Waals surface area contributed by atoms with Gasteiger partial charge in [-0.2, -0.15) is 5.26 Å². The van der Waals surface area contributed by atoms with Crippen LogP contribution in [0.1, 0.15) is 29.7 Å². The first kappa shape index (κ1) is 13.1. The van der Waals surface area contributed by atoms with Crippen molar-refractivity contribution >= 4 is 0 Å². The lowest BCUT2D eigenvalue weighted by molar-refractivity contribution is 0.195. The fourth-order valence-corrected chi connectivity index (χ4v) is 1.77. The topological polar surface area (TPSA) is 53.2 Å². The van der Waals surface area contributed by atoms with Crippen molar-refractivity contribution in [1.82, 2.24) is 0 Å². The summed E-state index contributed by atoms with van der Waals surface area (Å²) in [7, 11) is 0. The molecule has 0 saturated heterocycles. The molecular formula is C16H15NO2. The maximum atomic E-state index is 9.73. The van der Waals surface area contributed by atoms with E-state index < -0.39 is 6.10 Å². The van der Waals surface area contributed by atoms with E-state index in [1.54, 1.807) is 25.1 Å². The molecule has 0 unspecified atom stereocenters. The van der Waals surface area contributed by atoms with Gasteiger partial charge in [0.2, 0.25) is 0 Å². The second-order valence-corrected chi connectivity index (χ2v) is 4.46. The minimum atomic E-state index is -0.645. The van der Waals surface area contributed by atoms with E-state index in [4.69, 9.17) is 10.00 Å². The van der Waals surface area contributed by atoms with Crippen molar-refractivity contribution in [3.8, 4) is 17.6 Å². The van der Waals surface area contributed by atoms with Gasteiger partial charge in [-0.15, -0.1) is 0 Å². The number of rotatable bonds is 3. The fourth-order valence-electron chi connectivity index (χ4n) is 1.77. The SMILES string of the molecule is Cc1ccc(Oc2cc(C#N)ccc2[C@H](C)O)cc1. The van der Waals surface area contributed by atoms with Gasteiger partial charge in [0, 0.05) is 5.56 Å². The van der Waals surface area contributed by atoms with E-state index in [0.29, 0.717) is 22.6 Å². The standard InChI is InChI=1S/C16H15NO2/c1-11-3-6-14(7-4-11)19-16-9-13(10-17)5-8-15(16)12(2)18/h3-9,12,18H,1-2H3/t12-/m0/s1. The zero-order valence-corrected chi connectivity index (χ0v) is 10.9. The first-order chi connectivity index (χ1) is 9.10. The number of hydrogen-bond donors (Lipinski definition) is 1. The molecule has 0 bridgehead atoms. The predicted molar refractivity (Wildman–Crippen MR) is 73.0 cm³/mol. The summed E-state index contributed by atoms with van der Waals surface area (Å²) in [5.41, 5.74) is 2.32. The summed E-state index contributed by atoms with van der Waals surface area (Å²) >= 11 is 0. The number of nitriles is 1. The highest BCUT2D eigenvalue weighted by Gasteiger charge is 2.11. The van der Waals surface area contributed by atoms with E-state index in [2.05, 4.69) is 6.07 Å². The zero-order valence-electron chi connectivity index (χ0n) is 10.9. The van der Waals surface area contributed by atoms with Crippen molar-refractivity contribution in [3.63, 3.8) is 0 Å². The van der Waals surface area contributed by atoms with Gasteiger partial charge < -0.3 is 9.84 Å². The number of aliphatic hydroxyl groups excluding tert-OH is 1. The van der Waals surface area contributed by atoms with Crippen LogP contribution in [0.15, 0.2) is 42.5 Å². The molecule has 0 aliphatic carbocycles. The van der Waals surface area contributed by atoms with E-state index >= 15 is 0 Å². The number of ether oxygens (including phenoxy) is 1. The molecule has 0 heterocycles. The van der Waals surface area contributed by atoms with Gasteiger partial charge in [0.05, 0.1) is 17.7 Å². The molecule has 19 heavy (non-hydrogen) atoms. The highest BCUT2D eigenvalue weighted by atomic mass is 16.5. The summed E-state index contributed by atoms with van der Waals surface area (Å²) in [6, 6.07) is 14.7. The number of nitrogens with zero attached hydrogens (tertiary/aromatic N) is 1. The maximum absolute atomic E-state index is 9.73. The molecule has 3 heteroatoms. The lowest BCUT2D eigenvalue weighted by Crippen LogP contribution is -1.97. The van der Waals surface area contributed by atoms with E-state index in [1.807, 2.05) is 31.2 Å². The number of hydrogen-bond acceptors (Lipinski definition) is 3. The van der Waals surface area contributed by atoms with E-state index in [1.165, 1.54) is 0 Å². The molecule has 1 atom stereocenters. The van der Waals surface area contributed by atoms with Crippen molar-refractivity contribution in [2.24, 2.45) is 0 Å². The van der Waals surface area contributed by atoms with Crippen LogP contribution >= 0.6 is 0 Å². The fraction of sp³-hybridized carbons (Fsp3) is 0.188. The molecule has 0 amide bonds. The summed E-state index contributed by atoms with van der Waals surface area (Å²) in [5.74, 6) is 1.19. The quantitative estimate of drug-likeness (QED) is 0.907. The van der Waals surface area contributed by atoms with Gasteiger partial charge in [-0.25, -0.2) is 0 Å². The van der Waals surface area contributed by atoms with Crippen LogP contribution in [0.25, 0.3) is 0 Å². The Morgan fingerprint density at radius 1 is 1.16 bits per heavy atom. The number of aliphatic hydroxyl groups is 1. The zero-order chi connectivity index (χ0) is 13.8. The maximum Gasteiger partial charge on any atom is 0.134 e. The second-order valence-electron chi connectivity index (χ2n) is 4.46. The molecule has 1 N–H and O–H groups in total. The van der Waals surface area contributed by atoms with Gasteiger partial charge >= 0.3 is 0 Å². The third-order valence-corrected chi connectivity index (χ3v) is 2.84. The average Bonchev–Trinajstić information content (AvgIpc) is 2.41. The molecule has 2 rings (SSSR count). The molecule has 0 radical (unpaired) electrons. The molecule has 0 aromatic heterocycles. The summed E-state index contributed by atoms with van der Waals surface area (Å²) in [6.07, 6.45) is -0.645. The highest BCUT2D eigenvalue weighted by Crippen LogP contribution is 2.30. The Kier molecular flexibility index (Phi) is 3.84. The Morgan fingerprint density at radius 3 is 2.42 bits per heavy atom.